The van der Waals surface area contributed by atoms with Crippen molar-refractivity contribution in [3.63, 3.8) is 0 Å². The molecule has 1 unspecified atom stereocenters. The average molecular weight is 256 g/mol. The Balaban J connectivity index is 2.44. The summed E-state index contributed by atoms with van der Waals surface area (Å²) >= 11 is 0. The molecule has 0 saturated carbocycles. The first-order valence-electron chi connectivity index (χ1n) is 5.13. The average Bonchev–Trinajstić information content (AvgIpc) is 2.25. The quantitative estimate of drug-likeness (QED) is 0.766. The van der Waals surface area contributed by atoms with Crippen molar-refractivity contribution < 1.29 is 13.2 Å². The van der Waals surface area contributed by atoms with Crippen molar-refractivity contribution in [2.75, 3.05) is 18.6 Å². The third-order valence-corrected chi connectivity index (χ3v) is 2.93. The minimum absolute atomic E-state index is 0.221. The number of amides is 1. The zero-order valence-corrected chi connectivity index (χ0v) is 10.4. The van der Waals surface area contributed by atoms with Gasteiger partial charge in [-0.05, 0) is 5.56 Å². The molecule has 0 saturated heterocycles. The van der Waals surface area contributed by atoms with Gasteiger partial charge in [-0.3, -0.25) is 4.79 Å². The van der Waals surface area contributed by atoms with E-state index in [0.29, 0.717) is 0 Å². The van der Waals surface area contributed by atoms with Crippen LogP contribution in [0.3, 0.4) is 0 Å². The van der Waals surface area contributed by atoms with Crippen LogP contribution in [0.15, 0.2) is 30.3 Å². The van der Waals surface area contributed by atoms with Crippen LogP contribution in [0.25, 0.3) is 0 Å². The highest BCUT2D eigenvalue weighted by atomic mass is 32.2. The molecule has 0 spiro atoms. The second-order valence-corrected chi connectivity index (χ2v) is 6.03. The van der Waals surface area contributed by atoms with Gasteiger partial charge in [-0.15, -0.1) is 0 Å². The summed E-state index contributed by atoms with van der Waals surface area (Å²) in [6, 6.07) is 8.96. The van der Waals surface area contributed by atoms with Crippen molar-refractivity contribution in [1.82, 2.24) is 5.32 Å². The number of hydrogen-bond donors (Lipinski definition) is 2. The van der Waals surface area contributed by atoms with Crippen LogP contribution in [-0.4, -0.2) is 32.9 Å². The largest absolute Gasteiger partial charge is 0.353 e. The number of sulfone groups is 1. The van der Waals surface area contributed by atoms with Gasteiger partial charge in [0.25, 0.3) is 0 Å². The summed E-state index contributed by atoms with van der Waals surface area (Å²) in [5.74, 6) is -1.03. The van der Waals surface area contributed by atoms with Gasteiger partial charge in [0.05, 0.1) is 0 Å². The maximum Gasteiger partial charge on any atom is 0.235 e. The van der Waals surface area contributed by atoms with E-state index in [2.05, 4.69) is 5.32 Å². The van der Waals surface area contributed by atoms with Crippen LogP contribution >= 0.6 is 0 Å². The summed E-state index contributed by atoms with van der Waals surface area (Å²) in [4.78, 5) is 11.2. The van der Waals surface area contributed by atoms with E-state index in [1.807, 2.05) is 30.3 Å². The van der Waals surface area contributed by atoms with Crippen LogP contribution in [0.5, 0.6) is 0 Å². The van der Waals surface area contributed by atoms with E-state index >= 15 is 0 Å². The number of carbonyl (C=O) groups excluding carboxylic acids is 1. The van der Waals surface area contributed by atoms with Crippen molar-refractivity contribution in [2.24, 2.45) is 5.73 Å². The third kappa shape index (κ3) is 5.46. The third-order valence-electron chi connectivity index (χ3n) is 2.14. The Morgan fingerprint density at radius 1 is 1.35 bits per heavy atom. The van der Waals surface area contributed by atoms with Gasteiger partial charge in [0, 0.05) is 18.8 Å². The van der Waals surface area contributed by atoms with Crippen molar-refractivity contribution in [3.05, 3.63) is 35.9 Å². The fraction of sp³-hybridized carbons (Fsp3) is 0.364. The molecule has 94 valence electrons. The molecule has 0 aliphatic heterocycles. The molecule has 0 radical (unpaired) electrons. The van der Waals surface area contributed by atoms with E-state index in [9.17, 15) is 13.2 Å². The van der Waals surface area contributed by atoms with Gasteiger partial charge in [-0.1, -0.05) is 30.3 Å². The molecule has 0 bridgehead atoms. The van der Waals surface area contributed by atoms with Crippen molar-refractivity contribution in [2.45, 2.75) is 6.04 Å². The van der Waals surface area contributed by atoms with E-state index in [1.165, 1.54) is 0 Å². The predicted octanol–water partition coefficient (Wildman–Crippen LogP) is -0.153. The summed E-state index contributed by atoms with van der Waals surface area (Å²) in [6.07, 6.45) is 1.02. The van der Waals surface area contributed by atoms with E-state index in [0.717, 1.165) is 11.8 Å². The predicted molar refractivity (Wildman–Crippen MR) is 66.1 cm³/mol. The molecule has 6 heteroatoms. The van der Waals surface area contributed by atoms with Gasteiger partial charge in [-0.25, -0.2) is 8.42 Å². The first-order valence-corrected chi connectivity index (χ1v) is 7.19. The molecule has 1 amide bonds. The van der Waals surface area contributed by atoms with Gasteiger partial charge in [0.1, 0.15) is 5.75 Å². The van der Waals surface area contributed by atoms with Crippen LogP contribution in [0.2, 0.25) is 0 Å². The molecule has 5 nitrogen and oxygen atoms in total. The highest BCUT2D eigenvalue weighted by Gasteiger charge is 2.12. The van der Waals surface area contributed by atoms with Gasteiger partial charge in [0.15, 0.2) is 9.84 Å². The Morgan fingerprint density at radius 3 is 2.47 bits per heavy atom. The van der Waals surface area contributed by atoms with Crippen molar-refractivity contribution >= 4 is 15.7 Å². The minimum atomic E-state index is -3.29. The number of benzene rings is 1. The first kappa shape index (κ1) is 13.7. The maximum atomic E-state index is 11.2. The Labute approximate surface area is 101 Å². The molecule has 0 heterocycles. The molecule has 3 N–H and O–H groups in total. The minimum Gasteiger partial charge on any atom is -0.353 e. The molecule has 0 fully saturated rings. The lowest BCUT2D eigenvalue weighted by Crippen LogP contribution is -2.35. The molecule has 0 aliphatic carbocycles. The topological polar surface area (TPSA) is 89.3 Å². The number of nitrogens with one attached hydrogen (secondary N) is 1. The highest BCUT2D eigenvalue weighted by Crippen LogP contribution is 2.07. The Kier molecular flexibility index (Phi) is 4.65. The zero-order chi connectivity index (χ0) is 12.9. The van der Waals surface area contributed by atoms with E-state index in [-0.39, 0.29) is 12.6 Å². The van der Waals surface area contributed by atoms with Gasteiger partial charge in [-0.2, -0.15) is 0 Å². The summed E-state index contributed by atoms with van der Waals surface area (Å²) in [6.45, 7) is 0.221. The second kappa shape index (κ2) is 5.79. The number of carbonyl (C=O) groups is 1. The molecular formula is C11H16N2O3S. The lowest BCUT2D eigenvalue weighted by Gasteiger charge is -2.12. The second-order valence-electron chi connectivity index (χ2n) is 3.89. The molecule has 17 heavy (non-hydrogen) atoms. The van der Waals surface area contributed by atoms with Gasteiger partial charge in [0.2, 0.25) is 5.91 Å². The lowest BCUT2D eigenvalue weighted by atomic mass is 10.1. The number of hydrogen-bond acceptors (Lipinski definition) is 4. The Morgan fingerprint density at radius 2 is 1.94 bits per heavy atom. The standard InChI is InChI=1S/C11H16N2O3S/c1-17(15,16)8-11(14)13-7-10(12)9-5-3-2-4-6-9/h2-6,10H,7-8,12H2,1H3,(H,13,14). The Bertz CT molecular complexity index is 471. The number of rotatable bonds is 5. The summed E-state index contributed by atoms with van der Waals surface area (Å²) < 4.78 is 21.7. The molecule has 1 aromatic carbocycles. The van der Waals surface area contributed by atoms with Crippen LogP contribution in [-0.2, 0) is 14.6 Å². The smallest absolute Gasteiger partial charge is 0.235 e. The molecule has 0 aromatic heterocycles. The van der Waals surface area contributed by atoms with Crippen molar-refractivity contribution in [3.8, 4) is 0 Å². The van der Waals surface area contributed by atoms with E-state index in [1.54, 1.807) is 0 Å². The molecule has 1 aromatic rings. The zero-order valence-electron chi connectivity index (χ0n) is 9.59. The number of nitrogens with two attached hydrogens (primary N) is 1. The highest BCUT2D eigenvalue weighted by molar-refractivity contribution is 7.91. The van der Waals surface area contributed by atoms with Gasteiger partial charge < -0.3 is 11.1 Å². The molecular weight excluding hydrogens is 240 g/mol. The fourth-order valence-corrected chi connectivity index (χ4v) is 1.91. The van der Waals surface area contributed by atoms with Crippen LogP contribution < -0.4 is 11.1 Å². The molecule has 0 aliphatic rings. The van der Waals surface area contributed by atoms with Crippen molar-refractivity contribution in [1.29, 1.82) is 0 Å². The normalized spacial score (nSPS) is 13.1. The van der Waals surface area contributed by atoms with Gasteiger partial charge >= 0.3 is 0 Å². The van der Waals surface area contributed by atoms with Crippen LogP contribution in [0, 0.1) is 0 Å². The summed E-state index contributed by atoms with van der Waals surface area (Å²) in [7, 11) is -3.29. The van der Waals surface area contributed by atoms with Crippen LogP contribution in [0.1, 0.15) is 11.6 Å². The lowest BCUT2D eigenvalue weighted by molar-refractivity contribution is -0.118. The van der Waals surface area contributed by atoms with E-state index in [4.69, 9.17) is 5.73 Å². The maximum absolute atomic E-state index is 11.2. The summed E-state index contributed by atoms with van der Waals surface area (Å²) in [5.41, 5.74) is 6.74. The fourth-order valence-electron chi connectivity index (χ4n) is 1.33. The van der Waals surface area contributed by atoms with Crippen LogP contribution in [0.4, 0.5) is 0 Å². The molecule has 1 rings (SSSR count). The summed E-state index contributed by atoms with van der Waals surface area (Å²) in [5, 5.41) is 2.49. The Hall–Kier alpha value is -1.40. The SMILES string of the molecule is CS(=O)(=O)CC(=O)NCC(N)c1ccccc1. The first-order chi connectivity index (χ1) is 7.88. The monoisotopic (exact) mass is 256 g/mol. The molecule has 1 atom stereocenters. The van der Waals surface area contributed by atoms with E-state index < -0.39 is 21.5 Å².